The molecule has 0 radical (unpaired) electrons. The van der Waals surface area contributed by atoms with E-state index in [1.807, 2.05) is 23.9 Å². The molecular weight excluding hydrogens is 330 g/mol. The maximum absolute atomic E-state index is 8.96. The average molecular weight is 346 g/mol. The van der Waals surface area contributed by atoms with Crippen LogP contribution >= 0.6 is 15.9 Å². The third kappa shape index (κ3) is 2.97. The number of rotatable bonds is 4. The van der Waals surface area contributed by atoms with Crippen LogP contribution in [0.3, 0.4) is 0 Å². The minimum atomic E-state index is 0.679. The molecule has 0 bridgehead atoms. The standard InChI is InChI=1S/C16H16BrN3O/c1-20-10-11(4-15(20)7-18)8-19-9-13-6-14(17)5-12-2-3-21-16(12)13/h4-6,10,19H,2-3,8-9H2,1H3. The van der Waals surface area contributed by atoms with Crippen LogP contribution in [-0.4, -0.2) is 11.2 Å². The smallest absolute Gasteiger partial charge is 0.127 e. The zero-order valence-electron chi connectivity index (χ0n) is 11.8. The number of aryl methyl sites for hydroxylation is 1. The lowest BCUT2D eigenvalue weighted by atomic mass is 10.1. The molecule has 1 aromatic heterocycles. The van der Waals surface area contributed by atoms with Gasteiger partial charge in [-0.25, -0.2) is 0 Å². The first-order valence-electron chi connectivity index (χ1n) is 6.87. The third-order valence-electron chi connectivity index (χ3n) is 3.65. The van der Waals surface area contributed by atoms with Gasteiger partial charge in [0, 0.05) is 42.8 Å². The molecule has 1 aliphatic heterocycles. The Morgan fingerprint density at radius 2 is 2.24 bits per heavy atom. The summed E-state index contributed by atoms with van der Waals surface area (Å²) in [7, 11) is 1.89. The predicted octanol–water partition coefficient (Wildman–Crippen LogP) is 2.88. The van der Waals surface area contributed by atoms with E-state index >= 15 is 0 Å². The van der Waals surface area contributed by atoms with Crippen molar-refractivity contribution in [3.05, 3.63) is 51.3 Å². The minimum Gasteiger partial charge on any atom is -0.493 e. The highest BCUT2D eigenvalue weighted by Gasteiger charge is 2.17. The molecule has 0 saturated carbocycles. The van der Waals surface area contributed by atoms with E-state index in [0.29, 0.717) is 5.69 Å². The molecule has 0 aliphatic carbocycles. The summed E-state index contributed by atoms with van der Waals surface area (Å²) < 4.78 is 8.66. The van der Waals surface area contributed by atoms with Gasteiger partial charge in [0.25, 0.3) is 0 Å². The molecule has 108 valence electrons. The maximum Gasteiger partial charge on any atom is 0.127 e. The zero-order chi connectivity index (χ0) is 14.8. The molecule has 5 heteroatoms. The summed E-state index contributed by atoms with van der Waals surface area (Å²) in [4.78, 5) is 0. The van der Waals surface area contributed by atoms with E-state index in [0.717, 1.165) is 41.9 Å². The average Bonchev–Trinajstić information content (AvgIpc) is 3.04. The monoisotopic (exact) mass is 345 g/mol. The van der Waals surface area contributed by atoms with Gasteiger partial charge in [-0.05, 0) is 29.3 Å². The predicted molar refractivity (Wildman–Crippen MR) is 84.0 cm³/mol. The number of hydrogen-bond donors (Lipinski definition) is 1. The summed E-state index contributed by atoms with van der Waals surface area (Å²) in [6.45, 7) is 2.25. The van der Waals surface area contributed by atoms with E-state index in [2.05, 4.69) is 39.4 Å². The van der Waals surface area contributed by atoms with E-state index in [1.54, 1.807) is 0 Å². The van der Waals surface area contributed by atoms with Crippen molar-refractivity contribution in [2.75, 3.05) is 6.61 Å². The van der Waals surface area contributed by atoms with E-state index in [4.69, 9.17) is 10.00 Å². The first-order chi connectivity index (χ1) is 10.2. The lowest BCUT2D eigenvalue weighted by Gasteiger charge is -2.10. The number of ether oxygens (including phenoxy) is 1. The summed E-state index contributed by atoms with van der Waals surface area (Å²) in [6, 6.07) is 8.31. The van der Waals surface area contributed by atoms with Crippen LogP contribution in [0.4, 0.5) is 0 Å². The molecule has 0 saturated heterocycles. The Balaban J connectivity index is 1.67. The highest BCUT2D eigenvalue weighted by atomic mass is 79.9. The van der Waals surface area contributed by atoms with Crippen LogP contribution in [0.25, 0.3) is 0 Å². The largest absolute Gasteiger partial charge is 0.493 e. The molecule has 0 atom stereocenters. The highest BCUT2D eigenvalue weighted by Crippen LogP contribution is 2.32. The number of nitrogens with zero attached hydrogens (tertiary/aromatic N) is 2. The Labute approximate surface area is 132 Å². The summed E-state index contributed by atoms with van der Waals surface area (Å²) in [6.07, 6.45) is 2.96. The van der Waals surface area contributed by atoms with Crippen LogP contribution in [0.2, 0.25) is 0 Å². The lowest BCUT2D eigenvalue weighted by Crippen LogP contribution is -2.13. The fraction of sp³-hybridized carbons (Fsp3) is 0.312. The van der Waals surface area contributed by atoms with Crippen LogP contribution < -0.4 is 10.1 Å². The number of hydrogen-bond acceptors (Lipinski definition) is 3. The molecule has 1 aliphatic rings. The van der Waals surface area contributed by atoms with Gasteiger partial charge in [-0.1, -0.05) is 15.9 Å². The van der Waals surface area contributed by atoms with Crippen molar-refractivity contribution in [1.82, 2.24) is 9.88 Å². The second kappa shape index (κ2) is 5.92. The summed E-state index contributed by atoms with van der Waals surface area (Å²) in [5, 5.41) is 12.4. The van der Waals surface area contributed by atoms with Gasteiger partial charge in [0.2, 0.25) is 0 Å². The Bertz CT molecular complexity index is 715. The number of benzene rings is 1. The summed E-state index contributed by atoms with van der Waals surface area (Å²) in [5.74, 6) is 1.02. The van der Waals surface area contributed by atoms with Crippen molar-refractivity contribution in [3.63, 3.8) is 0 Å². The second-order valence-corrected chi connectivity index (χ2v) is 6.13. The molecule has 2 aromatic rings. The zero-order valence-corrected chi connectivity index (χ0v) is 13.4. The molecular formula is C16H16BrN3O. The van der Waals surface area contributed by atoms with E-state index in [9.17, 15) is 0 Å². The number of fused-ring (bicyclic) bond motifs is 1. The molecule has 4 nitrogen and oxygen atoms in total. The van der Waals surface area contributed by atoms with E-state index in [-0.39, 0.29) is 0 Å². The van der Waals surface area contributed by atoms with Crippen LogP contribution in [-0.2, 0) is 26.6 Å². The Hall–Kier alpha value is -1.77. The van der Waals surface area contributed by atoms with Crippen molar-refractivity contribution in [2.24, 2.45) is 7.05 Å². The fourth-order valence-corrected chi connectivity index (χ4v) is 3.21. The normalized spacial score (nSPS) is 12.8. The second-order valence-electron chi connectivity index (χ2n) is 5.21. The molecule has 0 unspecified atom stereocenters. The molecule has 0 amide bonds. The minimum absolute atomic E-state index is 0.679. The van der Waals surface area contributed by atoms with Gasteiger partial charge in [0.05, 0.1) is 6.61 Å². The van der Waals surface area contributed by atoms with Crippen LogP contribution in [0, 0.1) is 11.3 Å². The number of nitriles is 1. The first-order valence-corrected chi connectivity index (χ1v) is 7.67. The molecule has 0 fully saturated rings. The fourth-order valence-electron chi connectivity index (χ4n) is 2.66. The van der Waals surface area contributed by atoms with Crippen molar-refractivity contribution in [1.29, 1.82) is 5.26 Å². The number of nitrogens with one attached hydrogen (secondary N) is 1. The first kappa shape index (κ1) is 14.2. The van der Waals surface area contributed by atoms with E-state index in [1.165, 1.54) is 11.1 Å². The van der Waals surface area contributed by atoms with Gasteiger partial charge >= 0.3 is 0 Å². The number of halogens is 1. The summed E-state index contributed by atoms with van der Waals surface area (Å²) >= 11 is 3.55. The van der Waals surface area contributed by atoms with Gasteiger partial charge in [0.1, 0.15) is 17.5 Å². The highest BCUT2D eigenvalue weighted by molar-refractivity contribution is 9.10. The lowest BCUT2D eigenvalue weighted by molar-refractivity contribution is 0.352. The molecule has 0 spiro atoms. The van der Waals surface area contributed by atoms with Gasteiger partial charge < -0.3 is 14.6 Å². The molecule has 1 aromatic carbocycles. The van der Waals surface area contributed by atoms with Gasteiger partial charge in [-0.3, -0.25) is 0 Å². The Morgan fingerprint density at radius 1 is 1.38 bits per heavy atom. The van der Waals surface area contributed by atoms with Crippen LogP contribution in [0.1, 0.15) is 22.4 Å². The van der Waals surface area contributed by atoms with Crippen molar-refractivity contribution in [2.45, 2.75) is 19.5 Å². The molecule has 1 N–H and O–H groups in total. The Kier molecular flexibility index (Phi) is 4.00. The van der Waals surface area contributed by atoms with Gasteiger partial charge in [0.15, 0.2) is 0 Å². The topological polar surface area (TPSA) is 50.0 Å². The Morgan fingerprint density at radius 3 is 3.00 bits per heavy atom. The van der Waals surface area contributed by atoms with Crippen molar-refractivity contribution >= 4 is 15.9 Å². The van der Waals surface area contributed by atoms with Gasteiger partial charge in [-0.15, -0.1) is 0 Å². The van der Waals surface area contributed by atoms with Crippen LogP contribution in [0.5, 0.6) is 5.75 Å². The molecule has 21 heavy (non-hydrogen) atoms. The maximum atomic E-state index is 8.96. The molecule has 3 rings (SSSR count). The van der Waals surface area contributed by atoms with Gasteiger partial charge in [-0.2, -0.15) is 5.26 Å². The van der Waals surface area contributed by atoms with E-state index < -0.39 is 0 Å². The quantitative estimate of drug-likeness (QED) is 0.926. The van der Waals surface area contributed by atoms with Crippen molar-refractivity contribution < 1.29 is 4.74 Å². The van der Waals surface area contributed by atoms with Crippen molar-refractivity contribution in [3.8, 4) is 11.8 Å². The molecule has 2 heterocycles. The summed E-state index contributed by atoms with van der Waals surface area (Å²) in [5.41, 5.74) is 4.24. The number of aromatic nitrogens is 1. The third-order valence-corrected chi connectivity index (χ3v) is 4.10. The van der Waals surface area contributed by atoms with Crippen LogP contribution in [0.15, 0.2) is 28.9 Å². The SMILES string of the molecule is Cn1cc(CNCc2cc(Br)cc3c2OCC3)cc1C#N.